The van der Waals surface area contributed by atoms with Crippen molar-refractivity contribution in [1.29, 1.82) is 0 Å². The zero-order chi connectivity index (χ0) is 14.4. The van der Waals surface area contributed by atoms with Gasteiger partial charge in [0.05, 0.1) is 5.69 Å². The van der Waals surface area contributed by atoms with Gasteiger partial charge in [-0.05, 0) is 32.7 Å². The Morgan fingerprint density at radius 2 is 1.95 bits per heavy atom. The van der Waals surface area contributed by atoms with E-state index in [1.54, 1.807) is 0 Å². The van der Waals surface area contributed by atoms with Crippen molar-refractivity contribution in [3.05, 3.63) is 15.6 Å². The molecule has 1 fully saturated rings. The van der Waals surface area contributed by atoms with Gasteiger partial charge < -0.3 is 10.1 Å². The highest BCUT2D eigenvalue weighted by Crippen LogP contribution is 2.41. The molecule has 1 aliphatic carbocycles. The number of aryl methyl sites for hydroxylation is 1. The number of nitrogens with one attached hydrogen (secondary N) is 1. The number of ether oxygens (including phenoxy) is 1. The number of nitrogens with zero attached hydrogens (tertiary/aromatic N) is 1. The first-order valence-electron chi connectivity index (χ1n) is 7.94. The van der Waals surface area contributed by atoms with Crippen LogP contribution in [0.4, 0.5) is 0 Å². The Morgan fingerprint density at radius 3 is 2.55 bits per heavy atom. The molecule has 0 bridgehead atoms. The van der Waals surface area contributed by atoms with Crippen molar-refractivity contribution in [2.24, 2.45) is 0 Å². The van der Waals surface area contributed by atoms with Gasteiger partial charge in [0.25, 0.3) is 0 Å². The lowest BCUT2D eigenvalue weighted by Crippen LogP contribution is -2.27. The van der Waals surface area contributed by atoms with Crippen molar-refractivity contribution in [1.82, 2.24) is 10.3 Å². The quantitative estimate of drug-likeness (QED) is 0.632. The van der Waals surface area contributed by atoms with E-state index in [9.17, 15) is 0 Å². The fourth-order valence-electron chi connectivity index (χ4n) is 2.97. The standard InChI is InChI=1S/C16H28N2OS/c1-4-11-17-12-14-13(2)18-15(20-14)16(19-3)9-7-5-6-8-10-16/h17H,4-12H2,1-3H3. The lowest BCUT2D eigenvalue weighted by molar-refractivity contribution is -0.0280. The molecular formula is C16H28N2OS. The number of thiazole rings is 1. The van der Waals surface area contributed by atoms with Crippen molar-refractivity contribution in [2.75, 3.05) is 13.7 Å². The van der Waals surface area contributed by atoms with Crippen LogP contribution in [0.5, 0.6) is 0 Å². The summed E-state index contributed by atoms with van der Waals surface area (Å²) >= 11 is 1.85. The van der Waals surface area contributed by atoms with Crippen LogP contribution in [0.15, 0.2) is 0 Å². The van der Waals surface area contributed by atoms with E-state index >= 15 is 0 Å². The van der Waals surface area contributed by atoms with E-state index in [-0.39, 0.29) is 5.60 Å². The highest BCUT2D eigenvalue weighted by Gasteiger charge is 2.36. The molecule has 3 nitrogen and oxygen atoms in total. The van der Waals surface area contributed by atoms with Gasteiger partial charge in [-0.25, -0.2) is 4.98 Å². The molecule has 20 heavy (non-hydrogen) atoms. The van der Waals surface area contributed by atoms with E-state index in [2.05, 4.69) is 19.2 Å². The third-order valence-electron chi connectivity index (χ3n) is 4.30. The average molecular weight is 296 g/mol. The third kappa shape index (κ3) is 3.60. The van der Waals surface area contributed by atoms with Crippen molar-refractivity contribution in [3.63, 3.8) is 0 Å². The van der Waals surface area contributed by atoms with Crippen molar-refractivity contribution in [3.8, 4) is 0 Å². The number of hydrogen-bond acceptors (Lipinski definition) is 4. The topological polar surface area (TPSA) is 34.1 Å². The predicted octanol–water partition coefficient (Wildman–Crippen LogP) is 4.15. The molecule has 1 heterocycles. The summed E-state index contributed by atoms with van der Waals surface area (Å²) in [6, 6.07) is 0. The maximum absolute atomic E-state index is 5.97. The summed E-state index contributed by atoms with van der Waals surface area (Å²) < 4.78 is 5.97. The van der Waals surface area contributed by atoms with E-state index in [1.807, 2.05) is 18.4 Å². The Morgan fingerprint density at radius 1 is 1.25 bits per heavy atom. The minimum Gasteiger partial charge on any atom is -0.371 e. The highest BCUT2D eigenvalue weighted by molar-refractivity contribution is 7.11. The SMILES string of the molecule is CCCNCc1sc(C2(OC)CCCCCC2)nc1C. The Balaban J connectivity index is 2.15. The van der Waals surface area contributed by atoms with Crippen molar-refractivity contribution in [2.45, 2.75) is 70.9 Å². The van der Waals surface area contributed by atoms with Crippen LogP contribution < -0.4 is 5.32 Å². The van der Waals surface area contributed by atoms with Crippen LogP contribution in [0, 0.1) is 6.92 Å². The molecule has 0 spiro atoms. The maximum Gasteiger partial charge on any atom is 0.125 e. The monoisotopic (exact) mass is 296 g/mol. The summed E-state index contributed by atoms with van der Waals surface area (Å²) in [5.41, 5.74) is 1.06. The molecule has 1 aromatic rings. The molecule has 0 radical (unpaired) electrons. The maximum atomic E-state index is 5.97. The fraction of sp³-hybridized carbons (Fsp3) is 0.812. The fourth-order valence-corrected chi connectivity index (χ4v) is 4.23. The van der Waals surface area contributed by atoms with E-state index < -0.39 is 0 Å². The molecule has 1 aliphatic rings. The molecule has 1 saturated carbocycles. The zero-order valence-electron chi connectivity index (χ0n) is 13.1. The van der Waals surface area contributed by atoms with Gasteiger partial charge in [-0.1, -0.05) is 32.6 Å². The Hall–Kier alpha value is -0.450. The largest absolute Gasteiger partial charge is 0.371 e. The van der Waals surface area contributed by atoms with Crippen LogP contribution in [0.3, 0.4) is 0 Å². The van der Waals surface area contributed by atoms with Crippen LogP contribution in [-0.2, 0) is 16.9 Å². The van der Waals surface area contributed by atoms with Gasteiger partial charge in [-0.15, -0.1) is 11.3 Å². The van der Waals surface area contributed by atoms with Crippen LogP contribution in [0.25, 0.3) is 0 Å². The van der Waals surface area contributed by atoms with Crippen molar-refractivity contribution >= 4 is 11.3 Å². The lowest BCUT2D eigenvalue weighted by atomic mass is 9.95. The number of methoxy groups -OCH3 is 1. The minimum absolute atomic E-state index is 0.116. The Kier molecular flexibility index (Phi) is 6.00. The predicted molar refractivity (Wildman–Crippen MR) is 85.2 cm³/mol. The summed E-state index contributed by atoms with van der Waals surface area (Å²) in [7, 11) is 1.86. The first-order chi connectivity index (χ1) is 9.72. The molecule has 114 valence electrons. The normalized spacial score (nSPS) is 18.9. The third-order valence-corrected chi connectivity index (χ3v) is 5.64. The summed E-state index contributed by atoms with van der Waals surface area (Å²) in [4.78, 5) is 6.22. The smallest absolute Gasteiger partial charge is 0.125 e. The second-order valence-corrected chi connectivity index (χ2v) is 6.90. The molecule has 0 atom stereocenters. The second-order valence-electron chi connectivity index (χ2n) is 5.82. The number of hydrogen-bond donors (Lipinski definition) is 1. The van der Waals surface area contributed by atoms with Gasteiger partial charge in [-0.3, -0.25) is 0 Å². The van der Waals surface area contributed by atoms with Gasteiger partial charge in [0.1, 0.15) is 10.6 Å². The van der Waals surface area contributed by atoms with E-state index in [0.29, 0.717) is 0 Å². The van der Waals surface area contributed by atoms with Crippen LogP contribution in [0.2, 0.25) is 0 Å². The average Bonchev–Trinajstić information content (AvgIpc) is 2.69. The first-order valence-corrected chi connectivity index (χ1v) is 8.76. The molecule has 0 unspecified atom stereocenters. The van der Waals surface area contributed by atoms with Gasteiger partial charge >= 0.3 is 0 Å². The zero-order valence-corrected chi connectivity index (χ0v) is 13.9. The highest BCUT2D eigenvalue weighted by atomic mass is 32.1. The molecule has 0 saturated heterocycles. The van der Waals surface area contributed by atoms with Gasteiger partial charge in [-0.2, -0.15) is 0 Å². The van der Waals surface area contributed by atoms with Crippen LogP contribution >= 0.6 is 11.3 Å². The summed E-state index contributed by atoms with van der Waals surface area (Å²) in [6.07, 6.45) is 8.61. The molecule has 0 aromatic carbocycles. The van der Waals surface area contributed by atoms with Crippen molar-refractivity contribution < 1.29 is 4.74 Å². The molecular weight excluding hydrogens is 268 g/mol. The van der Waals surface area contributed by atoms with Crippen LogP contribution in [0.1, 0.15) is 67.4 Å². The number of aromatic nitrogens is 1. The van der Waals surface area contributed by atoms with Gasteiger partial charge in [0.2, 0.25) is 0 Å². The van der Waals surface area contributed by atoms with E-state index in [4.69, 9.17) is 9.72 Å². The molecule has 0 amide bonds. The molecule has 0 aliphatic heterocycles. The Labute approximate surface area is 127 Å². The molecule has 1 N–H and O–H groups in total. The summed E-state index contributed by atoms with van der Waals surface area (Å²) in [5, 5.41) is 4.68. The molecule has 1 aromatic heterocycles. The Bertz CT molecular complexity index is 409. The summed E-state index contributed by atoms with van der Waals surface area (Å²) in [6.45, 7) is 6.34. The number of rotatable bonds is 6. The molecule has 2 rings (SSSR count). The minimum atomic E-state index is -0.116. The van der Waals surface area contributed by atoms with Gasteiger partial charge in [0, 0.05) is 18.5 Å². The van der Waals surface area contributed by atoms with Crippen LogP contribution in [-0.4, -0.2) is 18.6 Å². The molecule has 4 heteroatoms. The second kappa shape index (κ2) is 7.53. The summed E-state index contributed by atoms with van der Waals surface area (Å²) in [5.74, 6) is 0. The first kappa shape index (κ1) is 15.9. The lowest BCUT2D eigenvalue weighted by Gasteiger charge is -2.29. The van der Waals surface area contributed by atoms with E-state index in [1.165, 1.54) is 47.7 Å². The van der Waals surface area contributed by atoms with Gasteiger partial charge in [0.15, 0.2) is 0 Å². The van der Waals surface area contributed by atoms with E-state index in [0.717, 1.165) is 25.9 Å².